The van der Waals surface area contributed by atoms with Crippen molar-refractivity contribution < 1.29 is 27.8 Å². The van der Waals surface area contributed by atoms with Crippen LogP contribution >= 0.6 is 7.60 Å². The summed E-state index contributed by atoms with van der Waals surface area (Å²) in [5.74, 6) is -0.771. The Morgan fingerprint density at radius 3 is 2.03 bits per heavy atom. The summed E-state index contributed by atoms with van der Waals surface area (Å²) in [6, 6.07) is 5.52. The maximum Gasteiger partial charge on any atom is 0.389 e. The van der Waals surface area contributed by atoms with Crippen LogP contribution in [0, 0.1) is 5.41 Å². The van der Waals surface area contributed by atoms with Gasteiger partial charge in [0, 0.05) is 17.7 Å². The molecule has 172 valence electrons. The Morgan fingerprint density at radius 2 is 1.63 bits per heavy atom. The van der Waals surface area contributed by atoms with Gasteiger partial charge in [-0.15, -0.1) is 4.57 Å². The minimum atomic E-state index is -3.56. The highest BCUT2D eigenvalue weighted by Gasteiger charge is 2.52. The van der Waals surface area contributed by atoms with Crippen LogP contribution in [0.2, 0.25) is 0 Å². The number of hydroxylamine groups is 2. The number of carbonyl (C=O) groups is 1. The quantitative estimate of drug-likeness (QED) is 0.291. The molecule has 1 aromatic heterocycles. The lowest BCUT2D eigenvalue weighted by atomic mass is 9.94. The molecule has 0 radical (unpaired) electrons. The summed E-state index contributed by atoms with van der Waals surface area (Å²) in [5.41, 5.74) is -0.305. The predicted molar refractivity (Wildman–Crippen MR) is 118 cm³/mol. The van der Waals surface area contributed by atoms with Crippen LogP contribution in [0.15, 0.2) is 24.4 Å². The highest BCUT2D eigenvalue weighted by atomic mass is 31.2. The second-order valence-corrected chi connectivity index (χ2v) is 11.5. The van der Waals surface area contributed by atoms with Crippen LogP contribution in [-0.4, -0.2) is 35.5 Å². The van der Waals surface area contributed by atoms with E-state index in [1.165, 1.54) is 6.92 Å². The number of aromatic nitrogens is 1. The van der Waals surface area contributed by atoms with E-state index in [-0.39, 0.29) is 19.1 Å². The summed E-state index contributed by atoms with van der Waals surface area (Å²) in [7, 11) is -3.56. The summed E-state index contributed by atoms with van der Waals surface area (Å²) in [5, 5.41) is 1.74. The van der Waals surface area contributed by atoms with Crippen LogP contribution in [-0.2, 0) is 18.5 Å². The van der Waals surface area contributed by atoms with E-state index >= 15 is 0 Å². The Balaban J connectivity index is 3.52. The molecule has 0 aromatic carbocycles. The second kappa shape index (κ2) is 10.5. The van der Waals surface area contributed by atoms with Gasteiger partial charge in [0.1, 0.15) is 5.78 Å². The van der Waals surface area contributed by atoms with Gasteiger partial charge < -0.3 is 9.05 Å². The third-order valence-corrected chi connectivity index (χ3v) is 7.31. The number of nitrogens with zero attached hydrogens (tertiary/aromatic N) is 2. The molecule has 0 aliphatic heterocycles. The number of hydrogen-bond acceptors (Lipinski definition) is 6. The maximum absolute atomic E-state index is 13.9. The van der Waals surface area contributed by atoms with Crippen molar-refractivity contribution in [2.75, 3.05) is 13.2 Å². The standard InChI is InChI=1S/C22H40N2O5P/c1-11-27-30(26,28-12-2)20(21(5,6)7)24(22(8,9)10)29-17(3)19-15-13-14-16-23(19)18(4)25/h13-17,20H,11-12H2,1-10H3/q+1. The topological polar surface area (TPSA) is 69.0 Å². The third-order valence-electron chi connectivity index (χ3n) is 4.49. The van der Waals surface area contributed by atoms with Crippen molar-refractivity contribution in [2.45, 2.75) is 86.7 Å². The van der Waals surface area contributed by atoms with Gasteiger partial charge in [0.15, 0.2) is 12.3 Å². The molecule has 1 aromatic rings. The van der Waals surface area contributed by atoms with Gasteiger partial charge in [-0.25, -0.2) is 4.79 Å². The molecule has 2 unspecified atom stereocenters. The summed E-state index contributed by atoms with van der Waals surface area (Å²) >= 11 is 0. The molecule has 1 rings (SSSR count). The van der Waals surface area contributed by atoms with Crippen molar-refractivity contribution in [1.29, 1.82) is 0 Å². The highest BCUT2D eigenvalue weighted by molar-refractivity contribution is 7.54. The van der Waals surface area contributed by atoms with Gasteiger partial charge in [0.25, 0.3) is 0 Å². The molecule has 8 heteroatoms. The van der Waals surface area contributed by atoms with Crippen LogP contribution in [0.3, 0.4) is 0 Å². The number of carbonyl (C=O) groups excluding carboxylic acids is 1. The summed E-state index contributed by atoms with van der Waals surface area (Å²) < 4.78 is 26.9. The number of rotatable bonds is 9. The first kappa shape index (κ1) is 26.9. The van der Waals surface area contributed by atoms with E-state index in [1.54, 1.807) is 35.7 Å². The molecule has 0 saturated carbocycles. The average Bonchev–Trinajstić information content (AvgIpc) is 2.59. The molecule has 0 bridgehead atoms. The van der Waals surface area contributed by atoms with Crippen LogP contribution in [0.25, 0.3) is 0 Å². The Hall–Kier alpha value is -1.11. The van der Waals surface area contributed by atoms with Gasteiger partial charge in [-0.3, -0.25) is 9.40 Å². The highest BCUT2D eigenvalue weighted by Crippen LogP contribution is 2.61. The van der Waals surface area contributed by atoms with E-state index in [0.717, 1.165) is 0 Å². The first-order valence-electron chi connectivity index (χ1n) is 10.6. The van der Waals surface area contributed by atoms with E-state index in [2.05, 4.69) is 0 Å². The normalized spacial score (nSPS) is 15.3. The molecule has 0 spiro atoms. The lowest BCUT2D eigenvalue weighted by molar-refractivity contribution is -0.588. The first-order chi connectivity index (χ1) is 13.7. The Labute approximate surface area is 182 Å². The van der Waals surface area contributed by atoms with E-state index in [0.29, 0.717) is 5.69 Å². The zero-order valence-electron chi connectivity index (χ0n) is 20.3. The minimum absolute atomic E-state index is 0.106. The fourth-order valence-corrected chi connectivity index (χ4v) is 6.06. The van der Waals surface area contributed by atoms with E-state index in [4.69, 9.17) is 13.9 Å². The monoisotopic (exact) mass is 443 g/mol. The third kappa shape index (κ3) is 6.69. The van der Waals surface area contributed by atoms with Gasteiger partial charge >= 0.3 is 13.5 Å². The van der Waals surface area contributed by atoms with E-state index < -0.39 is 30.4 Å². The van der Waals surface area contributed by atoms with Gasteiger partial charge in [0.05, 0.1) is 20.1 Å². The van der Waals surface area contributed by atoms with Crippen molar-refractivity contribution in [2.24, 2.45) is 5.41 Å². The van der Waals surface area contributed by atoms with Gasteiger partial charge in [-0.05, 0) is 53.0 Å². The molecule has 0 N–H and O–H groups in total. The molecular formula is C22H40N2O5P+. The van der Waals surface area contributed by atoms with Gasteiger partial charge in [-0.1, -0.05) is 20.8 Å². The average molecular weight is 444 g/mol. The van der Waals surface area contributed by atoms with Crippen LogP contribution in [0.1, 0.15) is 85.8 Å². The smallest absolute Gasteiger partial charge is 0.308 e. The van der Waals surface area contributed by atoms with Crippen molar-refractivity contribution in [3.63, 3.8) is 0 Å². The molecule has 1 heterocycles. The van der Waals surface area contributed by atoms with Crippen LogP contribution < -0.4 is 4.57 Å². The molecular weight excluding hydrogens is 403 g/mol. The van der Waals surface area contributed by atoms with Gasteiger partial charge in [-0.2, -0.15) is 5.06 Å². The lowest BCUT2D eigenvalue weighted by Crippen LogP contribution is -2.54. The molecule has 7 nitrogen and oxygen atoms in total. The van der Waals surface area contributed by atoms with E-state index in [9.17, 15) is 9.36 Å². The Bertz CT molecular complexity index is 745. The second-order valence-electron chi connectivity index (χ2n) is 9.37. The zero-order valence-corrected chi connectivity index (χ0v) is 21.2. The van der Waals surface area contributed by atoms with Crippen LogP contribution in [0.5, 0.6) is 0 Å². The van der Waals surface area contributed by atoms with Crippen molar-refractivity contribution in [1.82, 2.24) is 5.06 Å². The zero-order chi connectivity index (χ0) is 23.3. The van der Waals surface area contributed by atoms with Crippen LogP contribution in [0.4, 0.5) is 0 Å². The first-order valence-corrected chi connectivity index (χ1v) is 12.2. The molecule has 30 heavy (non-hydrogen) atoms. The van der Waals surface area contributed by atoms with Crippen molar-refractivity contribution in [3.8, 4) is 0 Å². The molecule has 0 fully saturated rings. The molecule has 0 saturated heterocycles. The van der Waals surface area contributed by atoms with Crippen molar-refractivity contribution in [3.05, 3.63) is 30.1 Å². The SMILES string of the molecule is CCOP(=O)(OCC)C(N(OC(C)c1cccc[n+]1C(C)=O)C(C)(C)C)C(C)(C)C. The minimum Gasteiger partial charge on any atom is -0.308 e. The van der Waals surface area contributed by atoms with E-state index in [1.807, 2.05) is 60.6 Å². The fraction of sp³-hybridized carbons (Fsp3) is 0.727. The van der Waals surface area contributed by atoms with Gasteiger partial charge in [0.2, 0.25) is 5.69 Å². The summed E-state index contributed by atoms with van der Waals surface area (Å²) in [6.45, 7) is 19.5. The molecule has 0 aliphatic carbocycles. The largest absolute Gasteiger partial charge is 0.389 e. The molecule has 2 atom stereocenters. The fourth-order valence-electron chi connectivity index (χ4n) is 3.37. The lowest BCUT2D eigenvalue weighted by Gasteiger charge is -2.47. The predicted octanol–water partition coefficient (Wildman–Crippen LogP) is 5.37. The Kier molecular flexibility index (Phi) is 9.40. The Morgan fingerprint density at radius 1 is 1.10 bits per heavy atom. The summed E-state index contributed by atoms with van der Waals surface area (Å²) in [6.07, 6.45) is 1.24. The number of pyridine rings is 1. The molecule has 0 amide bonds. The summed E-state index contributed by atoms with van der Waals surface area (Å²) in [4.78, 5) is 18.5. The maximum atomic E-state index is 13.9. The molecule has 0 aliphatic rings. The van der Waals surface area contributed by atoms with Crippen molar-refractivity contribution >= 4 is 13.5 Å². The number of hydrogen-bond donors (Lipinski definition) is 0.